The van der Waals surface area contributed by atoms with Crippen LogP contribution >= 0.6 is 0 Å². The van der Waals surface area contributed by atoms with Gasteiger partial charge in [-0.3, -0.25) is 0 Å². The molecule has 100 valence electrons. The molecule has 1 atom stereocenters. The topological polar surface area (TPSA) is 46.5 Å². The van der Waals surface area contributed by atoms with Gasteiger partial charge in [0.2, 0.25) is 0 Å². The number of carbonyl (C=O) groups is 1. The van der Waals surface area contributed by atoms with Crippen LogP contribution in [0.25, 0.3) is 0 Å². The molecular formula is C15H22O3. The minimum Gasteiger partial charge on any atom is -0.490 e. The molecule has 0 fully saturated rings. The number of para-hydroxylation sites is 1. The molecule has 0 bridgehead atoms. The largest absolute Gasteiger partial charge is 0.490 e. The number of rotatable bonds is 8. The molecule has 0 amide bonds. The van der Waals surface area contributed by atoms with Gasteiger partial charge in [0.05, 0.1) is 6.10 Å². The van der Waals surface area contributed by atoms with Gasteiger partial charge in [-0.05, 0) is 31.9 Å². The Kier molecular flexibility index (Phi) is 6.26. The van der Waals surface area contributed by atoms with Gasteiger partial charge >= 0.3 is 5.97 Å². The summed E-state index contributed by atoms with van der Waals surface area (Å²) in [5.41, 5.74) is 0.234. The van der Waals surface area contributed by atoms with Crippen LogP contribution in [0, 0.1) is 0 Å². The quantitative estimate of drug-likeness (QED) is 0.706. The van der Waals surface area contributed by atoms with Crippen molar-refractivity contribution >= 4 is 5.97 Å². The van der Waals surface area contributed by atoms with Crippen molar-refractivity contribution in [2.75, 3.05) is 0 Å². The first-order valence-corrected chi connectivity index (χ1v) is 6.64. The van der Waals surface area contributed by atoms with Crippen LogP contribution in [-0.2, 0) is 0 Å². The van der Waals surface area contributed by atoms with Crippen LogP contribution in [0.3, 0.4) is 0 Å². The first kappa shape index (κ1) is 14.6. The second-order valence-corrected chi connectivity index (χ2v) is 4.58. The van der Waals surface area contributed by atoms with Gasteiger partial charge in [-0.25, -0.2) is 4.79 Å². The Morgan fingerprint density at radius 2 is 2.00 bits per heavy atom. The molecule has 1 aromatic rings. The number of benzene rings is 1. The summed E-state index contributed by atoms with van der Waals surface area (Å²) in [6.07, 6.45) is 5.83. The first-order valence-electron chi connectivity index (χ1n) is 6.64. The van der Waals surface area contributed by atoms with E-state index in [-0.39, 0.29) is 11.7 Å². The first-order chi connectivity index (χ1) is 8.65. The highest BCUT2D eigenvalue weighted by atomic mass is 16.5. The van der Waals surface area contributed by atoms with Crippen LogP contribution in [0.2, 0.25) is 0 Å². The molecular weight excluding hydrogens is 228 g/mol. The third-order valence-corrected chi connectivity index (χ3v) is 2.91. The summed E-state index contributed by atoms with van der Waals surface area (Å²) in [7, 11) is 0. The van der Waals surface area contributed by atoms with Gasteiger partial charge in [0.15, 0.2) is 0 Å². The Labute approximate surface area is 109 Å². The zero-order chi connectivity index (χ0) is 13.4. The minimum atomic E-state index is -0.941. The average Bonchev–Trinajstić information content (AvgIpc) is 2.35. The lowest BCUT2D eigenvalue weighted by molar-refractivity contribution is 0.0689. The molecule has 18 heavy (non-hydrogen) atoms. The molecule has 1 unspecified atom stereocenters. The minimum absolute atomic E-state index is 0.0577. The average molecular weight is 250 g/mol. The maximum Gasteiger partial charge on any atom is 0.339 e. The third-order valence-electron chi connectivity index (χ3n) is 2.91. The van der Waals surface area contributed by atoms with Gasteiger partial charge in [0.25, 0.3) is 0 Å². The van der Waals surface area contributed by atoms with Gasteiger partial charge in [-0.2, -0.15) is 0 Å². The molecule has 3 heteroatoms. The van der Waals surface area contributed by atoms with Crippen molar-refractivity contribution in [1.82, 2.24) is 0 Å². The Morgan fingerprint density at radius 3 is 2.67 bits per heavy atom. The van der Waals surface area contributed by atoms with Crippen molar-refractivity contribution in [3.05, 3.63) is 29.8 Å². The van der Waals surface area contributed by atoms with Crippen LogP contribution < -0.4 is 4.74 Å². The maximum atomic E-state index is 11.0. The van der Waals surface area contributed by atoms with E-state index in [1.165, 1.54) is 19.3 Å². The molecule has 0 aromatic heterocycles. The number of unbranched alkanes of at least 4 members (excludes halogenated alkanes) is 3. The van der Waals surface area contributed by atoms with Crippen molar-refractivity contribution in [2.24, 2.45) is 0 Å². The predicted octanol–water partition coefficient (Wildman–Crippen LogP) is 4.12. The Hall–Kier alpha value is -1.51. The zero-order valence-corrected chi connectivity index (χ0v) is 11.2. The summed E-state index contributed by atoms with van der Waals surface area (Å²) in [5, 5.41) is 9.04. The maximum absolute atomic E-state index is 11.0. The summed E-state index contributed by atoms with van der Waals surface area (Å²) in [5.74, 6) is -0.475. The fraction of sp³-hybridized carbons (Fsp3) is 0.533. The molecule has 0 saturated heterocycles. The highest BCUT2D eigenvalue weighted by molar-refractivity contribution is 5.90. The van der Waals surface area contributed by atoms with E-state index in [0.717, 1.165) is 12.8 Å². The van der Waals surface area contributed by atoms with Crippen molar-refractivity contribution in [2.45, 2.75) is 52.1 Å². The Balaban J connectivity index is 2.48. The molecule has 0 aliphatic carbocycles. The smallest absolute Gasteiger partial charge is 0.339 e. The van der Waals surface area contributed by atoms with Gasteiger partial charge < -0.3 is 9.84 Å². The number of hydrogen-bond acceptors (Lipinski definition) is 2. The summed E-state index contributed by atoms with van der Waals surface area (Å²) >= 11 is 0. The van der Waals surface area contributed by atoms with Crippen molar-refractivity contribution in [3.63, 3.8) is 0 Å². The second kappa shape index (κ2) is 7.75. The van der Waals surface area contributed by atoms with E-state index in [1.54, 1.807) is 24.3 Å². The summed E-state index contributed by atoms with van der Waals surface area (Å²) in [6, 6.07) is 6.79. The highest BCUT2D eigenvalue weighted by Crippen LogP contribution is 2.20. The van der Waals surface area contributed by atoms with Crippen molar-refractivity contribution < 1.29 is 14.6 Å². The van der Waals surface area contributed by atoms with E-state index in [1.807, 2.05) is 6.92 Å². The molecule has 0 radical (unpaired) electrons. The standard InChI is InChI=1S/C15H22O3/c1-3-4-5-6-9-12(2)18-14-11-8-7-10-13(14)15(16)17/h7-8,10-12H,3-6,9H2,1-2H3,(H,16,17). The Bertz CT molecular complexity index is 374. The molecule has 0 aliphatic heterocycles. The second-order valence-electron chi connectivity index (χ2n) is 4.58. The fourth-order valence-corrected chi connectivity index (χ4v) is 1.88. The van der Waals surface area contributed by atoms with Gasteiger partial charge in [-0.15, -0.1) is 0 Å². The molecule has 1 rings (SSSR count). The molecule has 0 aliphatic rings. The summed E-state index contributed by atoms with van der Waals surface area (Å²) < 4.78 is 5.71. The van der Waals surface area contributed by atoms with Crippen LogP contribution in [0.15, 0.2) is 24.3 Å². The normalized spacial score (nSPS) is 12.1. The monoisotopic (exact) mass is 250 g/mol. The van der Waals surface area contributed by atoms with Gasteiger partial charge in [-0.1, -0.05) is 38.3 Å². The molecule has 0 heterocycles. The molecule has 0 spiro atoms. The van der Waals surface area contributed by atoms with E-state index in [2.05, 4.69) is 6.92 Å². The molecule has 1 N–H and O–H groups in total. The number of aromatic carboxylic acids is 1. The van der Waals surface area contributed by atoms with Gasteiger partial charge in [0, 0.05) is 0 Å². The van der Waals surface area contributed by atoms with Crippen molar-refractivity contribution in [3.8, 4) is 5.75 Å². The number of carboxylic acids is 1. The van der Waals surface area contributed by atoms with E-state index in [0.29, 0.717) is 5.75 Å². The van der Waals surface area contributed by atoms with Crippen LogP contribution in [0.1, 0.15) is 56.3 Å². The summed E-state index contributed by atoms with van der Waals surface area (Å²) in [6.45, 7) is 4.17. The van der Waals surface area contributed by atoms with Crippen LogP contribution in [0.5, 0.6) is 5.75 Å². The number of ether oxygens (including phenoxy) is 1. The predicted molar refractivity (Wildman–Crippen MR) is 72.3 cm³/mol. The molecule has 1 aromatic carbocycles. The van der Waals surface area contributed by atoms with E-state index in [4.69, 9.17) is 9.84 Å². The SMILES string of the molecule is CCCCCCC(C)Oc1ccccc1C(=O)O. The van der Waals surface area contributed by atoms with Gasteiger partial charge in [0.1, 0.15) is 11.3 Å². The lowest BCUT2D eigenvalue weighted by Gasteiger charge is -2.16. The van der Waals surface area contributed by atoms with Crippen LogP contribution in [0.4, 0.5) is 0 Å². The zero-order valence-electron chi connectivity index (χ0n) is 11.2. The Morgan fingerprint density at radius 1 is 1.28 bits per heavy atom. The highest BCUT2D eigenvalue weighted by Gasteiger charge is 2.12. The summed E-state index contributed by atoms with van der Waals surface area (Å²) in [4.78, 5) is 11.0. The lowest BCUT2D eigenvalue weighted by Crippen LogP contribution is -2.13. The molecule has 0 saturated carbocycles. The van der Waals surface area contributed by atoms with E-state index < -0.39 is 5.97 Å². The number of hydrogen-bond donors (Lipinski definition) is 1. The molecule has 3 nitrogen and oxygen atoms in total. The van der Waals surface area contributed by atoms with Crippen molar-refractivity contribution in [1.29, 1.82) is 0 Å². The number of carboxylic acid groups (broad SMARTS) is 1. The van der Waals surface area contributed by atoms with E-state index in [9.17, 15) is 4.79 Å². The van der Waals surface area contributed by atoms with E-state index >= 15 is 0 Å². The third kappa shape index (κ3) is 4.78. The lowest BCUT2D eigenvalue weighted by atomic mass is 10.1. The fourth-order valence-electron chi connectivity index (χ4n) is 1.88. The van der Waals surface area contributed by atoms with Crippen LogP contribution in [-0.4, -0.2) is 17.2 Å².